The van der Waals surface area contributed by atoms with Gasteiger partial charge in [-0.25, -0.2) is 4.39 Å². The fourth-order valence-corrected chi connectivity index (χ4v) is 2.91. The molecule has 0 atom stereocenters. The Morgan fingerprint density at radius 3 is 2.58 bits per heavy atom. The molecule has 4 nitrogen and oxygen atoms in total. The SMILES string of the molecule is N#Cc1ccc(COc2ccn(Cc3cccc(F)c3)c(=O)c2Br)cc1. The number of aromatic nitrogens is 1. The van der Waals surface area contributed by atoms with E-state index >= 15 is 0 Å². The summed E-state index contributed by atoms with van der Waals surface area (Å²) >= 11 is 3.28. The molecule has 3 rings (SSSR count). The molecular weight excluding hydrogens is 399 g/mol. The predicted octanol–water partition coefficient (Wildman–Crippen LogP) is 4.25. The monoisotopic (exact) mass is 412 g/mol. The van der Waals surface area contributed by atoms with Crippen molar-refractivity contribution in [3.63, 3.8) is 0 Å². The maximum Gasteiger partial charge on any atom is 0.268 e. The standard InChI is InChI=1S/C20H14BrFN2O2/c21-19-18(26-13-15-6-4-14(11-23)5-7-15)8-9-24(20(19)25)12-16-2-1-3-17(22)10-16/h1-10H,12-13H2. The van der Waals surface area contributed by atoms with E-state index in [0.717, 1.165) is 5.56 Å². The van der Waals surface area contributed by atoms with Crippen molar-refractivity contribution in [2.75, 3.05) is 0 Å². The average molecular weight is 413 g/mol. The molecule has 130 valence electrons. The van der Waals surface area contributed by atoms with E-state index in [-0.39, 0.29) is 24.5 Å². The Bertz CT molecular complexity index is 1020. The van der Waals surface area contributed by atoms with Crippen molar-refractivity contribution < 1.29 is 9.13 Å². The molecule has 0 N–H and O–H groups in total. The number of halogens is 2. The van der Waals surface area contributed by atoms with E-state index in [1.54, 1.807) is 48.7 Å². The summed E-state index contributed by atoms with van der Waals surface area (Å²) in [6.07, 6.45) is 1.62. The molecule has 26 heavy (non-hydrogen) atoms. The van der Waals surface area contributed by atoms with Gasteiger partial charge >= 0.3 is 0 Å². The van der Waals surface area contributed by atoms with E-state index in [2.05, 4.69) is 22.0 Å². The highest BCUT2D eigenvalue weighted by Crippen LogP contribution is 2.22. The normalized spacial score (nSPS) is 10.3. The fourth-order valence-electron chi connectivity index (χ4n) is 2.43. The first-order valence-electron chi connectivity index (χ1n) is 7.82. The molecule has 0 radical (unpaired) electrons. The smallest absolute Gasteiger partial charge is 0.268 e. The van der Waals surface area contributed by atoms with Crippen molar-refractivity contribution in [3.05, 3.63) is 98.1 Å². The summed E-state index contributed by atoms with van der Waals surface area (Å²) in [7, 11) is 0. The maximum atomic E-state index is 13.3. The summed E-state index contributed by atoms with van der Waals surface area (Å²) in [6.45, 7) is 0.544. The molecule has 1 heterocycles. The van der Waals surface area contributed by atoms with Gasteiger partial charge < -0.3 is 9.30 Å². The van der Waals surface area contributed by atoms with E-state index in [1.807, 2.05) is 0 Å². The van der Waals surface area contributed by atoms with Gasteiger partial charge in [0.15, 0.2) is 0 Å². The van der Waals surface area contributed by atoms with Gasteiger partial charge in [-0.3, -0.25) is 4.79 Å². The van der Waals surface area contributed by atoms with Crippen LogP contribution in [0.1, 0.15) is 16.7 Å². The van der Waals surface area contributed by atoms with Crippen LogP contribution >= 0.6 is 15.9 Å². The maximum absolute atomic E-state index is 13.3. The zero-order valence-electron chi connectivity index (χ0n) is 13.7. The van der Waals surface area contributed by atoms with Gasteiger partial charge in [-0.05, 0) is 57.4 Å². The van der Waals surface area contributed by atoms with Crippen LogP contribution in [0.25, 0.3) is 0 Å². The lowest BCUT2D eigenvalue weighted by Crippen LogP contribution is -2.21. The first-order valence-corrected chi connectivity index (χ1v) is 8.61. The van der Waals surface area contributed by atoms with Crippen LogP contribution in [0, 0.1) is 17.1 Å². The molecule has 0 saturated heterocycles. The number of benzene rings is 2. The molecule has 0 aliphatic heterocycles. The van der Waals surface area contributed by atoms with Crippen molar-refractivity contribution in [1.82, 2.24) is 4.57 Å². The van der Waals surface area contributed by atoms with Crippen LogP contribution in [0.4, 0.5) is 4.39 Å². The third-order valence-corrected chi connectivity index (χ3v) is 4.52. The fraction of sp³-hybridized carbons (Fsp3) is 0.100. The van der Waals surface area contributed by atoms with Crippen LogP contribution in [0.3, 0.4) is 0 Å². The zero-order valence-corrected chi connectivity index (χ0v) is 15.2. The van der Waals surface area contributed by atoms with Gasteiger partial charge in [0.1, 0.15) is 22.6 Å². The number of rotatable bonds is 5. The number of ether oxygens (including phenoxy) is 1. The van der Waals surface area contributed by atoms with E-state index in [1.165, 1.54) is 16.7 Å². The molecule has 0 aliphatic carbocycles. The van der Waals surface area contributed by atoms with Gasteiger partial charge in [0, 0.05) is 6.20 Å². The molecule has 3 aromatic rings. The predicted molar refractivity (Wildman–Crippen MR) is 99.4 cm³/mol. The Balaban J connectivity index is 1.74. The highest BCUT2D eigenvalue weighted by molar-refractivity contribution is 9.10. The van der Waals surface area contributed by atoms with Crippen LogP contribution in [-0.4, -0.2) is 4.57 Å². The largest absolute Gasteiger partial charge is 0.487 e. The number of pyridine rings is 1. The summed E-state index contributed by atoms with van der Waals surface area (Å²) in [5.41, 5.74) is 1.91. The van der Waals surface area contributed by atoms with Gasteiger partial charge in [0.05, 0.1) is 18.2 Å². The summed E-state index contributed by atoms with van der Waals surface area (Å²) in [5.74, 6) is 0.0897. The molecule has 0 bridgehead atoms. The summed E-state index contributed by atoms with van der Waals surface area (Å²) < 4.78 is 20.8. The lowest BCUT2D eigenvalue weighted by molar-refractivity contribution is 0.302. The average Bonchev–Trinajstić information content (AvgIpc) is 2.65. The Kier molecular flexibility index (Phi) is 5.49. The Hall–Kier alpha value is -2.91. The van der Waals surface area contributed by atoms with Gasteiger partial charge in [0.25, 0.3) is 5.56 Å². The minimum Gasteiger partial charge on any atom is -0.487 e. The lowest BCUT2D eigenvalue weighted by atomic mass is 10.2. The zero-order chi connectivity index (χ0) is 18.5. The second-order valence-corrected chi connectivity index (χ2v) is 6.45. The van der Waals surface area contributed by atoms with Crippen molar-refractivity contribution in [2.45, 2.75) is 13.2 Å². The molecule has 0 aliphatic rings. The van der Waals surface area contributed by atoms with Gasteiger partial charge in [-0.2, -0.15) is 5.26 Å². The van der Waals surface area contributed by atoms with Crippen molar-refractivity contribution >= 4 is 15.9 Å². The van der Waals surface area contributed by atoms with Crippen LogP contribution in [-0.2, 0) is 13.2 Å². The molecule has 0 saturated carbocycles. The van der Waals surface area contributed by atoms with Crippen LogP contribution in [0.5, 0.6) is 5.75 Å². The van der Waals surface area contributed by atoms with E-state index in [9.17, 15) is 9.18 Å². The van der Waals surface area contributed by atoms with Crippen LogP contribution in [0.2, 0.25) is 0 Å². The van der Waals surface area contributed by atoms with E-state index < -0.39 is 0 Å². The number of nitrogens with zero attached hydrogens (tertiary/aromatic N) is 2. The van der Waals surface area contributed by atoms with E-state index in [0.29, 0.717) is 21.3 Å². The van der Waals surface area contributed by atoms with Crippen LogP contribution < -0.4 is 10.3 Å². The first-order chi connectivity index (χ1) is 12.6. The number of nitriles is 1. The topological polar surface area (TPSA) is 55.0 Å². The quantitative estimate of drug-likeness (QED) is 0.629. The first kappa shape index (κ1) is 17.9. The molecule has 2 aromatic carbocycles. The molecule has 0 amide bonds. The van der Waals surface area contributed by atoms with Crippen molar-refractivity contribution in [1.29, 1.82) is 5.26 Å². The van der Waals surface area contributed by atoms with Gasteiger partial charge in [-0.1, -0.05) is 24.3 Å². The third kappa shape index (κ3) is 4.19. The second kappa shape index (κ2) is 7.98. The minimum absolute atomic E-state index is 0.258. The molecule has 0 fully saturated rings. The van der Waals surface area contributed by atoms with Crippen LogP contribution in [0.15, 0.2) is 70.1 Å². The highest BCUT2D eigenvalue weighted by Gasteiger charge is 2.10. The minimum atomic E-state index is -0.336. The summed E-state index contributed by atoms with van der Waals surface area (Å²) in [6, 6.07) is 16.9. The summed E-state index contributed by atoms with van der Waals surface area (Å²) in [5, 5.41) is 8.80. The number of hydrogen-bond donors (Lipinski definition) is 0. The highest BCUT2D eigenvalue weighted by atomic mass is 79.9. The third-order valence-electron chi connectivity index (χ3n) is 3.79. The second-order valence-electron chi connectivity index (χ2n) is 5.65. The number of hydrogen-bond acceptors (Lipinski definition) is 3. The van der Waals surface area contributed by atoms with Gasteiger partial charge in [0.2, 0.25) is 0 Å². The molecule has 1 aromatic heterocycles. The van der Waals surface area contributed by atoms with Crippen molar-refractivity contribution in [3.8, 4) is 11.8 Å². The Labute approximate surface area is 158 Å². The summed E-state index contributed by atoms with van der Waals surface area (Å²) in [4.78, 5) is 12.5. The molecular formula is C20H14BrFN2O2. The Morgan fingerprint density at radius 2 is 1.88 bits per heavy atom. The van der Waals surface area contributed by atoms with Crippen molar-refractivity contribution in [2.24, 2.45) is 0 Å². The Morgan fingerprint density at radius 1 is 1.12 bits per heavy atom. The molecule has 0 unspecified atom stereocenters. The van der Waals surface area contributed by atoms with E-state index in [4.69, 9.17) is 10.00 Å². The lowest BCUT2D eigenvalue weighted by Gasteiger charge is -2.11. The molecule has 0 spiro atoms. The van der Waals surface area contributed by atoms with Gasteiger partial charge in [-0.15, -0.1) is 0 Å². The molecule has 6 heteroatoms.